The lowest BCUT2D eigenvalue weighted by Gasteiger charge is -2.22. The van der Waals surface area contributed by atoms with Crippen LogP contribution in [-0.4, -0.2) is 24.2 Å². The fraction of sp³-hybridized carbons (Fsp3) is 0.600. The molecular weight excluding hydrogens is 313 g/mol. The van der Waals surface area contributed by atoms with Gasteiger partial charge in [-0.15, -0.1) is 0 Å². The number of halogens is 2. The molecule has 0 heterocycles. The van der Waals surface area contributed by atoms with E-state index in [0.717, 1.165) is 23.5 Å². The number of benzene rings is 1. The van der Waals surface area contributed by atoms with Crippen LogP contribution in [0.2, 0.25) is 10.0 Å². The summed E-state index contributed by atoms with van der Waals surface area (Å²) in [6.45, 7) is 7.72. The van der Waals surface area contributed by atoms with Crippen LogP contribution in [-0.2, 0) is 6.54 Å². The van der Waals surface area contributed by atoms with Crippen molar-refractivity contribution in [1.82, 2.24) is 5.32 Å². The van der Waals surface area contributed by atoms with Gasteiger partial charge in [0.05, 0.1) is 11.6 Å². The van der Waals surface area contributed by atoms with Gasteiger partial charge in [0.2, 0.25) is 0 Å². The molecule has 0 aliphatic heterocycles. The minimum atomic E-state index is 0.0327. The third-order valence-corrected chi connectivity index (χ3v) is 3.83. The molecule has 114 valence electrons. The highest BCUT2D eigenvalue weighted by Crippen LogP contribution is 2.33. The zero-order valence-corrected chi connectivity index (χ0v) is 14.9. The van der Waals surface area contributed by atoms with Crippen LogP contribution in [0.5, 0.6) is 5.75 Å². The van der Waals surface area contributed by atoms with E-state index in [0.29, 0.717) is 23.2 Å². The Morgan fingerprint density at radius 1 is 1.25 bits per heavy atom. The molecule has 1 rings (SSSR count). The number of ether oxygens (including phenoxy) is 1. The summed E-state index contributed by atoms with van der Waals surface area (Å²) < 4.78 is 5.85. The first kappa shape index (κ1) is 18.0. The summed E-state index contributed by atoms with van der Waals surface area (Å²) in [5.41, 5.74) is 1.03. The molecule has 0 fully saturated rings. The minimum Gasteiger partial charge on any atom is -0.492 e. The van der Waals surface area contributed by atoms with E-state index < -0.39 is 0 Å². The molecular formula is C15H23Cl2NOS. The molecule has 0 saturated heterocycles. The first-order valence-corrected chi connectivity index (χ1v) is 8.83. The van der Waals surface area contributed by atoms with E-state index in [1.165, 1.54) is 0 Å². The van der Waals surface area contributed by atoms with Crippen molar-refractivity contribution in [3.8, 4) is 5.75 Å². The van der Waals surface area contributed by atoms with Crippen molar-refractivity contribution in [1.29, 1.82) is 0 Å². The summed E-state index contributed by atoms with van der Waals surface area (Å²) in [5, 5.41) is 4.65. The first-order chi connectivity index (χ1) is 9.33. The quantitative estimate of drug-likeness (QED) is 0.707. The van der Waals surface area contributed by atoms with Gasteiger partial charge in [-0.3, -0.25) is 0 Å². The summed E-state index contributed by atoms with van der Waals surface area (Å²) in [4.78, 5) is 0. The normalized spacial score (nSPS) is 11.7. The lowest BCUT2D eigenvalue weighted by molar-refractivity contribution is 0.312. The molecule has 1 N–H and O–H groups in total. The minimum absolute atomic E-state index is 0.0327. The zero-order chi connectivity index (χ0) is 15.2. The Balaban J connectivity index is 2.79. The van der Waals surface area contributed by atoms with Crippen molar-refractivity contribution < 1.29 is 4.74 Å². The fourth-order valence-corrected chi connectivity index (χ4v) is 2.64. The Bertz CT molecular complexity index is 433. The highest BCUT2D eigenvalue weighted by atomic mass is 35.5. The average Bonchev–Trinajstić information content (AvgIpc) is 2.33. The Morgan fingerprint density at radius 3 is 2.55 bits per heavy atom. The third kappa shape index (κ3) is 6.57. The summed E-state index contributed by atoms with van der Waals surface area (Å²) in [6.07, 6.45) is 3.10. The second-order valence-electron chi connectivity index (χ2n) is 5.67. The van der Waals surface area contributed by atoms with Gasteiger partial charge in [-0.2, -0.15) is 11.8 Å². The maximum atomic E-state index is 6.26. The standard InChI is InChI=1S/C15H23Cl2NOS/c1-15(2,3)18-10-11-8-12(16)9-13(17)14(11)19-6-5-7-20-4/h8-9,18H,5-7,10H2,1-4H3. The van der Waals surface area contributed by atoms with E-state index in [1.807, 2.05) is 17.8 Å². The molecule has 0 unspecified atom stereocenters. The van der Waals surface area contributed by atoms with E-state index >= 15 is 0 Å². The molecule has 1 aromatic carbocycles. The van der Waals surface area contributed by atoms with Crippen molar-refractivity contribution in [2.45, 2.75) is 39.3 Å². The van der Waals surface area contributed by atoms with Crippen LogP contribution in [0.3, 0.4) is 0 Å². The first-order valence-electron chi connectivity index (χ1n) is 6.68. The Morgan fingerprint density at radius 2 is 1.95 bits per heavy atom. The lowest BCUT2D eigenvalue weighted by Crippen LogP contribution is -2.35. The third-order valence-electron chi connectivity index (χ3n) is 2.63. The van der Waals surface area contributed by atoms with E-state index in [1.54, 1.807) is 6.07 Å². The molecule has 0 atom stereocenters. The molecule has 0 aliphatic carbocycles. The van der Waals surface area contributed by atoms with Crippen LogP contribution in [0, 0.1) is 0 Å². The van der Waals surface area contributed by atoms with Crippen molar-refractivity contribution in [2.75, 3.05) is 18.6 Å². The van der Waals surface area contributed by atoms with Crippen LogP contribution >= 0.6 is 35.0 Å². The summed E-state index contributed by atoms with van der Waals surface area (Å²) >= 11 is 14.2. The molecule has 0 aliphatic rings. The molecule has 0 bridgehead atoms. The van der Waals surface area contributed by atoms with Gasteiger partial charge in [0.1, 0.15) is 5.75 Å². The van der Waals surface area contributed by atoms with Gasteiger partial charge in [-0.05, 0) is 51.3 Å². The van der Waals surface area contributed by atoms with E-state index in [9.17, 15) is 0 Å². The maximum Gasteiger partial charge on any atom is 0.142 e. The number of hydrogen-bond donors (Lipinski definition) is 1. The van der Waals surface area contributed by atoms with Crippen molar-refractivity contribution in [3.05, 3.63) is 27.7 Å². The van der Waals surface area contributed by atoms with Crippen LogP contribution in [0.4, 0.5) is 0 Å². The molecule has 20 heavy (non-hydrogen) atoms. The van der Waals surface area contributed by atoms with Gasteiger partial charge in [0.15, 0.2) is 0 Å². The zero-order valence-electron chi connectivity index (χ0n) is 12.6. The van der Waals surface area contributed by atoms with Crippen molar-refractivity contribution >= 4 is 35.0 Å². The molecule has 1 aromatic rings. The molecule has 5 heteroatoms. The maximum absolute atomic E-state index is 6.26. The van der Waals surface area contributed by atoms with Crippen LogP contribution in [0.1, 0.15) is 32.8 Å². The van der Waals surface area contributed by atoms with E-state index in [2.05, 4.69) is 32.3 Å². The molecule has 0 saturated carbocycles. The fourth-order valence-electron chi connectivity index (χ4n) is 1.64. The van der Waals surface area contributed by atoms with Gasteiger partial charge >= 0.3 is 0 Å². The van der Waals surface area contributed by atoms with Crippen LogP contribution < -0.4 is 10.1 Å². The molecule has 2 nitrogen and oxygen atoms in total. The number of hydrogen-bond acceptors (Lipinski definition) is 3. The number of rotatable bonds is 7. The summed E-state index contributed by atoms with van der Waals surface area (Å²) in [5.74, 6) is 1.83. The largest absolute Gasteiger partial charge is 0.492 e. The molecule has 0 aromatic heterocycles. The second kappa shape index (κ2) is 8.38. The average molecular weight is 336 g/mol. The van der Waals surface area contributed by atoms with Crippen molar-refractivity contribution in [2.24, 2.45) is 0 Å². The SMILES string of the molecule is CSCCCOc1c(Cl)cc(Cl)cc1CNC(C)(C)C. The second-order valence-corrected chi connectivity index (χ2v) is 7.50. The highest BCUT2D eigenvalue weighted by Gasteiger charge is 2.14. The van der Waals surface area contributed by atoms with Crippen LogP contribution in [0.25, 0.3) is 0 Å². The smallest absolute Gasteiger partial charge is 0.142 e. The molecule has 0 radical (unpaired) electrons. The van der Waals surface area contributed by atoms with Gasteiger partial charge < -0.3 is 10.1 Å². The molecule has 0 spiro atoms. The number of thioether (sulfide) groups is 1. The highest BCUT2D eigenvalue weighted by molar-refractivity contribution is 7.98. The topological polar surface area (TPSA) is 21.3 Å². The Kier molecular flexibility index (Phi) is 7.52. The Labute approximate surface area is 136 Å². The predicted octanol–water partition coefficient (Wildman–Crippen LogP) is 5.01. The summed E-state index contributed by atoms with van der Waals surface area (Å²) in [6, 6.07) is 3.64. The predicted molar refractivity (Wildman–Crippen MR) is 91.5 cm³/mol. The summed E-state index contributed by atoms with van der Waals surface area (Å²) in [7, 11) is 0. The van der Waals surface area contributed by atoms with Gasteiger partial charge in [-0.1, -0.05) is 23.2 Å². The van der Waals surface area contributed by atoms with Crippen LogP contribution in [0.15, 0.2) is 12.1 Å². The number of nitrogens with one attached hydrogen (secondary N) is 1. The van der Waals surface area contributed by atoms with Gasteiger partial charge in [0, 0.05) is 22.7 Å². The van der Waals surface area contributed by atoms with Gasteiger partial charge in [-0.25, -0.2) is 0 Å². The van der Waals surface area contributed by atoms with E-state index in [4.69, 9.17) is 27.9 Å². The van der Waals surface area contributed by atoms with E-state index in [-0.39, 0.29) is 5.54 Å². The monoisotopic (exact) mass is 335 g/mol. The lowest BCUT2D eigenvalue weighted by atomic mass is 10.1. The molecule has 0 amide bonds. The van der Waals surface area contributed by atoms with Gasteiger partial charge in [0.25, 0.3) is 0 Å². The van der Waals surface area contributed by atoms with Crippen molar-refractivity contribution in [3.63, 3.8) is 0 Å². The Hall–Kier alpha value is -0.0900.